The lowest BCUT2D eigenvalue weighted by molar-refractivity contribution is 0.0954. The molecule has 0 bridgehead atoms. The van der Waals surface area contributed by atoms with Crippen molar-refractivity contribution in [2.45, 2.75) is 6.42 Å². The summed E-state index contributed by atoms with van der Waals surface area (Å²) in [5.41, 5.74) is 3.22. The summed E-state index contributed by atoms with van der Waals surface area (Å²) in [6.07, 6.45) is 3.95. The van der Waals surface area contributed by atoms with Crippen LogP contribution in [0.2, 0.25) is 10.0 Å². The zero-order valence-electron chi connectivity index (χ0n) is 13.9. The number of nitrogens with one attached hydrogen (secondary N) is 2. The number of pyridine rings is 1. The van der Waals surface area contributed by atoms with Crippen molar-refractivity contribution in [1.82, 2.24) is 10.3 Å². The number of aromatic nitrogens is 1. The lowest BCUT2D eigenvalue weighted by atomic mass is 10.1. The minimum atomic E-state index is -0.161. The average molecular weight is 386 g/mol. The summed E-state index contributed by atoms with van der Waals surface area (Å²) in [7, 11) is 0. The highest BCUT2D eigenvalue weighted by molar-refractivity contribution is 6.30. The van der Waals surface area contributed by atoms with Crippen LogP contribution in [0.1, 0.15) is 15.9 Å². The molecule has 0 saturated carbocycles. The molecule has 1 heterocycles. The number of carbonyl (C=O) groups excluding carboxylic acids is 1. The van der Waals surface area contributed by atoms with E-state index in [2.05, 4.69) is 15.6 Å². The molecular weight excluding hydrogens is 369 g/mol. The number of nitrogens with zero attached hydrogens (tertiary/aromatic N) is 1. The van der Waals surface area contributed by atoms with E-state index >= 15 is 0 Å². The van der Waals surface area contributed by atoms with Gasteiger partial charge in [-0.15, -0.1) is 0 Å². The van der Waals surface area contributed by atoms with E-state index in [-0.39, 0.29) is 5.91 Å². The first-order chi connectivity index (χ1) is 12.6. The molecule has 3 rings (SSSR count). The van der Waals surface area contributed by atoms with Crippen LogP contribution < -0.4 is 10.6 Å². The fourth-order valence-electron chi connectivity index (χ4n) is 2.41. The van der Waals surface area contributed by atoms with Crippen LogP contribution in [-0.4, -0.2) is 17.4 Å². The van der Waals surface area contributed by atoms with Gasteiger partial charge in [-0.2, -0.15) is 0 Å². The number of hydrogen-bond donors (Lipinski definition) is 2. The highest BCUT2D eigenvalue weighted by Crippen LogP contribution is 2.19. The van der Waals surface area contributed by atoms with Gasteiger partial charge in [-0.25, -0.2) is 0 Å². The zero-order valence-corrected chi connectivity index (χ0v) is 15.4. The predicted molar refractivity (Wildman–Crippen MR) is 106 cm³/mol. The highest BCUT2D eigenvalue weighted by Gasteiger charge is 2.07. The monoisotopic (exact) mass is 385 g/mol. The molecule has 0 radical (unpaired) electrons. The Kier molecular flexibility index (Phi) is 6.10. The normalized spacial score (nSPS) is 10.4. The third-order valence-corrected chi connectivity index (χ3v) is 4.25. The largest absolute Gasteiger partial charge is 0.354 e. The number of halogens is 2. The molecule has 2 aromatic carbocycles. The van der Waals surface area contributed by atoms with Gasteiger partial charge in [0, 0.05) is 28.5 Å². The van der Waals surface area contributed by atoms with Crippen LogP contribution in [-0.2, 0) is 6.42 Å². The molecule has 0 fully saturated rings. The highest BCUT2D eigenvalue weighted by atomic mass is 35.5. The SMILES string of the molecule is O=C(NCCc1ccc(Cl)cc1)c1cncc(Nc2ccc(Cl)cc2)c1. The van der Waals surface area contributed by atoms with Gasteiger partial charge in [0.1, 0.15) is 0 Å². The van der Waals surface area contributed by atoms with Crippen molar-refractivity contribution in [3.05, 3.63) is 88.2 Å². The molecule has 0 aliphatic heterocycles. The van der Waals surface area contributed by atoms with Crippen molar-refractivity contribution >= 4 is 40.5 Å². The van der Waals surface area contributed by atoms with Crippen molar-refractivity contribution in [1.29, 1.82) is 0 Å². The molecule has 2 N–H and O–H groups in total. The second kappa shape index (κ2) is 8.70. The molecule has 0 spiro atoms. The number of anilines is 2. The maximum atomic E-state index is 12.3. The number of amides is 1. The van der Waals surface area contributed by atoms with Gasteiger partial charge >= 0.3 is 0 Å². The Hall–Kier alpha value is -2.56. The van der Waals surface area contributed by atoms with Gasteiger partial charge in [0.2, 0.25) is 0 Å². The molecule has 6 heteroatoms. The maximum absolute atomic E-state index is 12.3. The zero-order chi connectivity index (χ0) is 18.4. The molecule has 0 unspecified atom stereocenters. The van der Waals surface area contributed by atoms with E-state index in [1.165, 1.54) is 0 Å². The van der Waals surface area contributed by atoms with Gasteiger partial charge in [0.05, 0.1) is 17.4 Å². The summed E-state index contributed by atoms with van der Waals surface area (Å²) in [4.78, 5) is 16.5. The molecule has 1 aromatic heterocycles. The van der Waals surface area contributed by atoms with Crippen LogP contribution >= 0.6 is 23.2 Å². The second-order valence-corrected chi connectivity index (χ2v) is 6.60. The smallest absolute Gasteiger partial charge is 0.252 e. The van der Waals surface area contributed by atoms with E-state index in [0.29, 0.717) is 22.2 Å². The minimum Gasteiger partial charge on any atom is -0.354 e. The lowest BCUT2D eigenvalue weighted by Crippen LogP contribution is -2.25. The number of hydrogen-bond acceptors (Lipinski definition) is 3. The molecule has 0 aliphatic carbocycles. The Balaban J connectivity index is 1.57. The van der Waals surface area contributed by atoms with Crippen LogP contribution in [0.5, 0.6) is 0 Å². The molecule has 0 saturated heterocycles. The molecular formula is C20H17Cl2N3O. The number of carbonyl (C=O) groups is 1. The van der Waals surface area contributed by atoms with Gasteiger partial charge in [0.25, 0.3) is 5.91 Å². The summed E-state index contributed by atoms with van der Waals surface area (Å²) in [5.74, 6) is -0.161. The molecule has 1 amide bonds. The second-order valence-electron chi connectivity index (χ2n) is 5.73. The molecule has 132 valence electrons. The third-order valence-electron chi connectivity index (χ3n) is 3.75. The van der Waals surface area contributed by atoms with E-state index in [4.69, 9.17) is 23.2 Å². The summed E-state index contributed by atoms with van der Waals surface area (Å²) in [6.45, 7) is 0.537. The molecule has 3 aromatic rings. The van der Waals surface area contributed by atoms with Crippen LogP contribution in [0.4, 0.5) is 11.4 Å². The van der Waals surface area contributed by atoms with Crippen LogP contribution in [0.15, 0.2) is 67.0 Å². The van der Waals surface area contributed by atoms with Gasteiger partial charge < -0.3 is 10.6 Å². The standard InChI is InChI=1S/C20H17Cl2N3O/c21-16-3-1-14(2-4-16)9-10-24-20(26)15-11-19(13-23-12-15)25-18-7-5-17(22)6-8-18/h1-8,11-13,25H,9-10H2,(H,24,26). The molecule has 26 heavy (non-hydrogen) atoms. The Labute approximate surface area is 162 Å². The molecule has 0 atom stereocenters. The topological polar surface area (TPSA) is 54.0 Å². The third kappa shape index (κ3) is 5.22. The summed E-state index contributed by atoms with van der Waals surface area (Å²) >= 11 is 11.7. The Morgan fingerprint density at radius 2 is 1.54 bits per heavy atom. The first-order valence-corrected chi connectivity index (χ1v) is 8.86. The maximum Gasteiger partial charge on any atom is 0.252 e. The first kappa shape index (κ1) is 18.2. The fraction of sp³-hybridized carbons (Fsp3) is 0.100. The van der Waals surface area contributed by atoms with Crippen molar-refractivity contribution in [2.75, 3.05) is 11.9 Å². The average Bonchev–Trinajstić information content (AvgIpc) is 2.65. The van der Waals surface area contributed by atoms with E-state index in [0.717, 1.165) is 23.4 Å². The van der Waals surface area contributed by atoms with Crippen LogP contribution in [0, 0.1) is 0 Å². The van der Waals surface area contributed by atoms with Crippen molar-refractivity contribution in [3.63, 3.8) is 0 Å². The Bertz CT molecular complexity index is 880. The van der Waals surface area contributed by atoms with Gasteiger partial charge in [0.15, 0.2) is 0 Å². The van der Waals surface area contributed by atoms with E-state index in [1.807, 2.05) is 36.4 Å². The van der Waals surface area contributed by atoms with E-state index < -0.39 is 0 Å². The predicted octanol–water partition coefficient (Wildman–Crippen LogP) is 5.10. The Morgan fingerprint density at radius 1 is 0.885 bits per heavy atom. The fourth-order valence-corrected chi connectivity index (χ4v) is 2.66. The lowest BCUT2D eigenvalue weighted by Gasteiger charge is -2.09. The van der Waals surface area contributed by atoms with Crippen molar-refractivity contribution in [2.24, 2.45) is 0 Å². The van der Waals surface area contributed by atoms with E-state index in [1.54, 1.807) is 30.6 Å². The van der Waals surface area contributed by atoms with Gasteiger partial charge in [-0.05, 0) is 54.4 Å². The van der Waals surface area contributed by atoms with Gasteiger partial charge in [-0.3, -0.25) is 9.78 Å². The summed E-state index contributed by atoms with van der Waals surface area (Å²) in [5, 5.41) is 7.48. The first-order valence-electron chi connectivity index (χ1n) is 8.10. The van der Waals surface area contributed by atoms with Gasteiger partial charge in [-0.1, -0.05) is 35.3 Å². The van der Waals surface area contributed by atoms with Crippen molar-refractivity contribution in [3.8, 4) is 0 Å². The minimum absolute atomic E-state index is 0.161. The Morgan fingerprint density at radius 3 is 2.23 bits per heavy atom. The van der Waals surface area contributed by atoms with Crippen LogP contribution in [0.3, 0.4) is 0 Å². The molecule has 4 nitrogen and oxygen atoms in total. The number of benzene rings is 2. The van der Waals surface area contributed by atoms with E-state index in [9.17, 15) is 4.79 Å². The molecule has 0 aliphatic rings. The summed E-state index contributed by atoms with van der Waals surface area (Å²) < 4.78 is 0. The van der Waals surface area contributed by atoms with Crippen LogP contribution in [0.25, 0.3) is 0 Å². The quantitative estimate of drug-likeness (QED) is 0.620. The number of rotatable bonds is 6. The summed E-state index contributed by atoms with van der Waals surface area (Å²) in [6, 6.07) is 16.7. The van der Waals surface area contributed by atoms with Crippen molar-refractivity contribution < 1.29 is 4.79 Å².